The van der Waals surface area contributed by atoms with Gasteiger partial charge in [-0.3, -0.25) is 0 Å². The predicted octanol–water partition coefficient (Wildman–Crippen LogP) is -0.822. The molecule has 1 atom stereocenters. The molecule has 0 heterocycles. The molecule has 0 radical (unpaired) electrons. The van der Waals surface area contributed by atoms with E-state index >= 15 is 0 Å². The summed E-state index contributed by atoms with van der Waals surface area (Å²) in [7, 11) is 0. The molecule has 0 aliphatic heterocycles. The van der Waals surface area contributed by atoms with Gasteiger partial charge in [-0.15, -0.1) is 0 Å². The molecule has 1 unspecified atom stereocenters. The van der Waals surface area contributed by atoms with Gasteiger partial charge in [-0.25, -0.2) is 9.59 Å². The van der Waals surface area contributed by atoms with Crippen LogP contribution in [0.2, 0.25) is 0 Å². The van der Waals surface area contributed by atoms with E-state index < -0.39 is 18.2 Å². The van der Waals surface area contributed by atoms with Crippen molar-refractivity contribution in [2.45, 2.75) is 13.0 Å². The van der Waals surface area contributed by atoms with Crippen LogP contribution in [-0.2, 0) is 9.53 Å². The lowest BCUT2D eigenvalue weighted by molar-refractivity contribution is -0.146. The van der Waals surface area contributed by atoms with Crippen molar-refractivity contribution in [3.05, 3.63) is 0 Å². The standard InChI is InChI=1S/C6H11NO5/c1-2-12-6(11)7-3-4(8)5(9)10/h4,8H,2-3H2,1H3,(H,7,11)(H,9,10). The maximum Gasteiger partial charge on any atom is 0.407 e. The zero-order valence-corrected chi connectivity index (χ0v) is 6.61. The molecule has 0 saturated carbocycles. The zero-order chi connectivity index (χ0) is 9.56. The van der Waals surface area contributed by atoms with E-state index in [4.69, 9.17) is 10.2 Å². The molecular weight excluding hydrogens is 166 g/mol. The Morgan fingerprint density at radius 1 is 1.58 bits per heavy atom. The number of nitrogens with one attached hydrogen (secondary N) is 1. The number of amides is 1. The van der Waals surface area contributed by atoms with E-state index in [0.29, 0.717) is 0 Å². The van der Waals surface area contributed by atoms with Crippen LogP contribution in [0, 0.1) is 0 Å². The number of aliphatic hydroxyl groups excluding tert-OH is 1. The van der Waals surface area contributed by atoms with Crippen molar-refractivity contribution in [1.82, 2.24) is 5.32 Å². The number of hydrogen-bond donors (Lipinski definition) is 3. The van der Waals surface area contributed by atoms with Crippen molar-refractivity contribution in [3.63, 3.8) is 0 Å². The Labute approximate surface area is 69.1 Å². The van der Waals surface area contributed by atoms with Gasteiger partial charge in [-0.1, -0.05) is 0 Å². The summed E-state index contributed by atoms with van der Waals surface area (Å²) in [6.45, 7) is 1.47. The largest absolute Gasteiger partial charge is 0.479 e. The highest BCUT2D eigenvalue weighted by Gasteiger charge is 2.13. The Hall–Kier alpha value is -1.30. The molecule has 0 spiro atoms. The second-order valence-corrected chi connectivity index (χ2v) is 1.96. The van der Waals surface area contributed by atoms with Crippen molar-refractivity contribution >= 4 is 12.1 Å². The number of ether oxygens (including phenoxy) is 1. The van der Waals surface area contributed by atoms with E-state index in [-0.39, 0.29) is 13.2 Å². The predicted molar refractivity (Wildman–Crippen MR) is 38.7 cm³/mol. The third kappa shape index (κ3) is 4.51. The van der Waals surface area contributed by atoms with E-state index in [1.165, 1.54) is 0 Å². The first-order valence-corrected chi connectivity index (χ1v) is 3.39. The summed E-state index contributed by atoms with van der Waals surface area (Å²) < 4.78 is 4.42. The Morgan fingerprint density at radius 3 is 2.58 bits per heavy atom. The van der Waals surface area contributed by atoms with Gasteiger partial charge in [-0.05, 0) is 6.92 Å². The van der Waals surface area contributed by atoms with E-state index in [1.54, 1.807) is 6.92 Å². The highest BCUT2D eigenvalue weighted by molar-refractivity contribution is 5.74. The Bertz CT molecular complexity index is 169. The van der Waals surface area contributed by atoms with E-state index in [2.05, 4.69) is 10.1 Å². The second kappa shape index (κ2) is 5.36. The Morgan fingerprint density at radius 2 is 2.17 bits per heavy atom. The topological polar surface area (TPSA) is 95.9 Å². The lowest BCUT2D eigenvalue weighted by Crippen LogP contribution is -2.36. The number of carboxylic acid groups (broad SMARTS) is 1. The lowest BCUT2D eigenvalue weighted by atomic mass is 10.4. The van der Waals surface area contributed by atoms with Crippen LogP contribution in [-0.4, -0.2) is 41.5 Å². The van der Waals surface area contributed by atoms with Crippen LogP contribution in [0.15, 0.2) is 0 Å². The number of alkyl carbamates (subject to hydrolysis) is 1. The minimum atomic E-state index is -1.59. The molecule has 0 aliphatic rings. The molecule has 0 aromatic carbocycles. The maximum absolute atomic E-state index is 10.5. The first-order chi connectivity index (χ1) is 5.57. The first kappa shape index (κ1) is 10.7. The number of carbonyl (C=O) groups is 2. The molecule has 0 aliphatic carbocycles. The summed E-state index contributed by atoms with van der Waals surface area (Å²) in [5.41, 5.74) is 0. The third-order valence-corrected chi connectivity index (χ3v) is 1.00. The van der Waals surface area contributed by atoms with Gasteiger partial charge in [-0.2, -0.15) is 0 Å². The van der Waals surface area contributed by atoms with Gasteiger partial charge in [0.1, 0.15) is 0 Å². The van der Waals surface area contributed by atoms with Crippen molar-refractivity contribution in [3.8, 4) is 0 Å². The number of carboxylic acids is 1. The number of aliphatic carboxylic acids is 1. The first-order valence-electron chi connectivity index (χ1n) is 3.39. The van der Waals surface area contributed by atoms with E-state index in [9.17, 15) is 9.59 Å². The smallest absolute Gasteiger partial charge is 0.407 e. The SMILES string of the molecule is CCOC(=O)NCC(O)C(=O)O. The second-order valence-electron chi connectivity index (χ2n) is 1.96. The minimum Gasteiger partial charge on any atom is -0.479 e. The van der Waals surface area contributed by atoms with Crippen molar-refractivity contribution in [2.75, 3.05) is 13.2 Å². The van der Waals surface area contributed by atoms with Crippen LogP contribution in [0.1, 0.15) is 6.92 Å². The van der Waals surface area contributed by atoms with Gasteiger partial charge in [0.2, 0.25) is 0 Å². The quantitative estimate of drug-likeness (QED) is 0.521. The molecule has 0 saturated heterocycles. The molecule has 6 nitrogen and oxygen atoms in total. The molecule has 3 N–H and O–H groups in total. The summed E-state index contributed by atoms with van der Waals surface area (Å²) in [6.07, 6.45) is -2.33. The summed E-state index contributed by atoms with van der Waals surface area (Å²) in [6, 6.07) is 0. The molecule has 0 fully saturated rings. The summed E-state index contributed by atoms with van der Waals surface area (Å²) >= 11 is 0. The highest BCUT2D eigenvalue weighted by Crippen LogP contribution is 1.81. The summed E-state index contributed by atoms with van der Waals surface area (Å²) in [5.74, 6) is -1.38. The average Bonchev–Trinajstić information content (AvgIpc) is 2.00. The summed E-state index contributed by atoms with van der Waals surface area (Å²) in [5, 5.41) is 18.9. The molecule has 1 amide bonds. The summed E-state index contributed by atoms with van der Waals surface area (Å²) in [4.78, 5) is 20.6. The molecule has 6 heteroatoms. The van der Waals surface area contributed by atoms with Crippen LogP contribution in [0.4, 0.5) is 4.79 Å². The lowest BCUT2D eigenvalue weighted by Gasteiger charge is -2.06. The van der Waals surface area contributed by atoms with Gasteiger partial charge in [0.15, 0.2) is 6.10 Å². The van der Waals surface area contributed by atoms with Gasteiger partial charge < -0.3 is 20.3 Å². The molecule has 0 rings (SSSR count). The molecule has 70 valence electrons. The van der Waals surface area contributed by atoms with E-state index in [1.807, 2.05) is 0 Å². The van der Waals surface area contributed by atoms with Gasteiger partial charge in [0, 0.05) is 0 Å². The van der Waals surface area contributed by atoms with Gasteiger partial charge in [0.05, 0.1) is 13.2 Å². The Kier molecular flexibility index (Phi) is 4.78. The number of aliphatic hydroxyl groups is 1. The fourth-order valence-corrected chi connectivity index (χ4v) is 0.449. The molecular formula is C6H11NO5. The van der Waals surface area contributed by atoms with Gasteiger partial charge >= 0.3 is 12.1 Å². The van der Waals surface area contributed by atoms with Crippen LogP contribution < -0.4 is 5.32 Å². The van der Waals surface area contributed by atoms with Crippen LogP contribution >= 0.6 is 0 Å². The molecule has 0 aromatic heterocycles. The average molecular weight is 177 g/mol. The molecule has 12 heavy (non-hydrogen) atoms. The normalized spacial score (nSPS) is 11.8. The highest BCUT2D eigenvalue weighted by atomic mass is 16.5. The number of carbonyl (C=O) groups excluding carboxylic acids is 1. The Balaban J connectivity index is 3.54. The number of rotatable bonds is 4. The third-order valence-electron chi connectivity index (χ3n) is 1.00. The van der Waals surface area contributed by atoms with Gasteiger partial charge in [0.25, 0.3) is 0 Å². The van der Waals surface area contributed by atoms with Crippen LogP contribution in [0.25, 0.3) is 0 Å². The molecule has 0 bridgehead atoms. The van der Waals surface area contributed by atoms with E-state index in [0.717, 1.165) is 0 Å². The fourth-order valence-electron chi connectivity index (χ4n) is 0.449. The molecule has 0 aromatic rings. The zero-order valence-electron chi connectivity index (χ0n) is 6.61. The minimum absolute atomic E-state index is 0.203. The monoisotopic (exact) mass is 177 g/mol. The van der Waals surface area contributed by atoms with Crippen molar-refractivity contribution < 1.29 is 24.5 Å². The maximum atomic E-state index is 10.5. The fraction of sp³-hybridized carbons (Fsp3) is 0.667. The van der Waals surface area contributed by atoms with Crippen molar-refractivity contribution in [1.29, 1.82) is 0 Å². The van der Waals surface area contributed by atoms with Crippen LogP contribution in [0.3, 0.4) is 0 Å². The van der Waals surface area contributed by atoms with Crippen LogP contribution in [0.5, 0.6) is 0 Å². The van der Waals surface area contributed by atoms with Crippen molar-refractivity contribution in [2.24, 2.45) is 0 Å². The number of hydrogen-bond acceptors (Lipinski definition) is 4.